The summed E-state index contributed by atoms with van der Waals surface area (Å²) in [5.74, 6) is -0.956. The van der Waals surface area contributed by atoms with Crippen LogP contribution in [0.15, 0.2) is 12.2 Å². The van der Waals surface area contributed by atoms with Gasteiger partial charge >= 0.3 is 5.97 Å². The van der Waals surface area contributed by atoms with E-state index in [0.717, 1.165) is 25.3 Å². The van der Waals surface area contributed by atoms with Gasteiger partial charge in [-0.2, -0.15) is 0 Å². The number of carboxylic acid groups (broad SMARTS) is 1. The van der Waals surface area contributed by atoms with Crippen LogP contribution in [-0.2, 0) is 4.79 Å². The van der Waals surface area contributed by atoms with Crippen molar-refractivity contribution in [2.45, 2.75) is 25.4 Å². The van der Waals surface area contributed by atoms with Crippen LogP contribution in [0.25, 0.3) is 0 Å². The molecule has 0 aromatic heterocycles. The van der Waals surface area contributed by atoms with E-state index in [2.05, 4.69) is 0 Å². The molecule has 1 saturated carbocycles. The minimum atomic E-state index is -0.951. The Morgan fingerprint density at radius 2 is 2.33 bits per heavy atom. The zero-order valence-corrected chi connectivity index (χ0v) is 6.81. The molecule has 0 saturated heterocycles. The Balaban J connectivity index is 2.43. The number of aliphatic carboxylic acids is 1. The summed E-state index contributed by atoms with van der Waals surface area (Å²) in [6.45, 7) is 0. The van der Waals surface area contributed by atoms with Crippen LogP contribution in [0.4, 0.5) is 0 Å². The topological polar surface area (TPSA) is 57.5 Å². The summed E-state index contributed by atoms with van der Waals surface area (Å²) >= 11 is 0. The molecule has 3 heteroatoms. The molecule has 1 rings (SSSR count). The molecule has 0 spiro atoms. The summed E-state index contributed by atoms with van der Waals surface area (Å²) < 4.78 is 0. The third-order valence-electron chi connectivity index (χ3n) is 2.07. The standard InChI is InChI=1S/C9H12O3/c10-8-4-2-1-3-7(8)5-6-9(11)12/h4-8,10H,1-3H2/p+1/b6-5+. The molecule has 2 atom stereocenters. The van der Waals surface area contributed by atoms with Crippen LogP contribution in [0.2, 0.25) is 0 Å². The lowest BCUT2D eigenvalue weighted by Gasteiger charge is -2.17. The third kappa shape index (κ3) is 2.58. The molecule has 2 N–H and O–H groups in total. The fraction of sp³-hybridized carbons (Fsp3) is 0.556. The van der Waals surface area contributed by atoms with E-state index >= 15 is 0 Å². The lowest BCUT2D eigenvalue weighted by atomic mass is 9.86. The largest absolute Gasteiger partial charge is 0.478 e. The molecule has 12 heavy (non-hydrogen) atoms. The van der Waals surface area contributed by atoms with Gasteiger partial charge in [-0.05, 0) is 12.8 Å². The van der Waals surface area contributed by atoms with Crippen molar-refractivity contribution in [2.24, 2.45) is 5.92 Å². The molecule has 0 aromatic carbocycles. The minimum Gasteiger partial charge on any atom is -0.478 e. The van der Waals surface area contributed by atoms with Crippen LogP contribution < -0.4 is 0 Å². The molecule has 66 valence electrons. The number of rotatable bonds is 2. The van der Waals surface area contributed by atoms with E-state index in [1.165, 1.54) is 0 Å². The van der Waals surface area contributed by atoms with Crippen molar-refractivity contribution in [2.75, 3.05) is 0 Å². The number of hydrogen-bond donors (Lipinski definition) is 2. The van der Waals surface area contributed by atoms with E-state index < -0.39 is 12.1 Å². The van der Waals surface area contributed by atoms with Gasteiger partial charge in [0.05, 0.1) is 6.42 Å². The SMILES string of the molecule is O=C(O)/C=C/C1CCC[CH+]C1O. The maximum absolute atomic E-state index is 10.2. The van der Waals surface area contributed by atoms with Gasteiger partial charge in [-0.3, -0.25) is 0 Å². The predicted molar refractivity (Wildman–Crippen MR) is 44.4 cm³/mol. The van der Waals surface area contributed by atoms with E-state index in [4.69, 9.17) is 5.11 Å². The van der Waals surface area contributed by atoms with Crippen LogP contribution in [0.5, 0.6) is 0 Å². The Morgan fingerprint density at radius 3 is 2.92 bits per heavy atom. The molecule has 3 nitrogen and oxygen atoms in total. The predicted octanol–water partition coefficient (Wildman–Crippen LogP) is 0.992. The van der Waals surface area contributed by atoms with Crippen molar-refractivity contribution >= 4 is 5.97 Å². The van der Waals surface area contributed by atoms with Gasteiger partial charge in [0.25, 0.3) is 0 Å². The highest BCUT2D eigenvalue weighted by atomic mass is 16.4. The summed E-state index contributed by atoms with van der Waals surface area (Å²) in [7, 11) is 0. The normalized spacial score (nSPS) is 30.1. The van der Waals surface area contributed by atoms with Crippen molar-refractivity contribution < 1.29 is 15.0 Å². The number of hydrogen-bond acceptors (Lipinski definition) is 2. The number of carboxylic acids is 1. The lowest BCUT2D eigenvalue weighted by Crippen LogP contribution is -2.23. The second-order valence-corrected chi connectivity index (χ2v) is 3.02. The first-order chi connectivity index (χ1) is 5.70. The highest BCUT2D eigenvalue weighted by Crippen LogP contribution is 2.24. The fourth-order valence-corrected chi connectivity index (χ4v) is 1.40. The summed E-state index contributed by atoms with van der Waals surface area (Å²) in [6, 6.07) is 0. The molecular weight excluding hydrogens is 156 g/mol. The summed E-state index contributed by atoms with van der Waals surface area (Å²) in [5, 5.41) is 17.7. The minimum absolute atomic E-state index is 0.00477. The van der Waals surface area contributed by atoms with Gasteiger partial charge in [0, 0.05) is 12.0 Å². The van der Waals surface area contributed by atoms with Gasteiger partial charge in [-0.25, -0.2) is 4.79 Å². The molecule has 0 radical (unpaired) electrons. The maximum atomic E-state index is 10.2. The number of aliphatic hydroxyl groups is 1. The molecule has 1 fully saturated rings. The van der Waals surface area contributed by atoms with Crippen molar-refractivity contribution in [1.82, 2.24) is 0 Å². The molecule has 1 aliphatic rings. The number of aliphatic hydroxyl groups excluding tert-OH is 1. The van der Waals surface area contributed by atoms with Crippen molar-refractivity contribution in [1.29, 1.82) is 0 Å². The van der Waals surface area contributed by atoms with Crippen LogP contribution in [0, 0.1) is 12.3 Å². The molecule has 0 bridgehead atoms. The maximum Gasteiger partial charge on any atom is 0.327 e. The van der Waals surface area contributed by atoms with Gasteiger partial charge in [0.2, 0.25) is 6.10 Å². The second kappa shape index (κ2) is 4.16. The van der Waals surface area contributed by atoms with Crippen molar-refractivity contribution in [3.63, 3.8) is 0 Å². The first kappa shape index (κ1) is 9.13. The van der Waals surface area contributed by atoms with Crippen LogP contribution in [0.3, 0.4) is 0 Å². The third-order valence-corrected chi connectivity index (χ3v) is 2.07. The van der Waals surface area contributed by atoms with Crippen molar-refractivity contribution in [3.05, 3.63) is 18.6 Å². The van der Waals surface area contributed by atoms with Gasteiger partial charge < -0.3 is 10.2 Å². The summed E-state index contributed by atoms with van der Waals surface area (Å²) in [5.41, 5.74) is 0. The van der Waals surface area contributed by atoms with E-state index in [0.29, 0.717) is 0 Å². The Morgan fingerprint density at radius 1 is 1.58 bits per heavy atom. The van der Waals surface area contributed by atoms with Crippen LogP contribution >= 0.6 is 0 Å². The van der Waals surface area contributed by atoms with E-state index in [1.54, 1.807) is 6.08 Å². The Kier molecular flexibility index (Phi) is 3.17. The Bertz CT molecular complexity index is 186. The highest BCUT2D eigenvalue weighted by molar-refractivity contribution is 5.79. The molecule has 0 aliphatic heterocycles. The average molecular weight is 169 g/mol. The lowest BCUT2D eigenvalue weighted by molar-refractivity contribution is -0.131. The van der Waals surface area contributed by atoms with Crippen molar-refractivity contribution in [3.8, 4) is 0 Å². The molecule has 1 aliphatic carbocycles. The van der Waals surface area contributed by atoms with Gasteiger partial charge in [0.1, 0.15) is 6.42 Å². The molecule has 2 unspecified atom stereocenters. The number of carbonyl (C=O) groups is 1. The summed E-state index contributed by atoms with van der Waals surface area (Å²) in [6.07, 6.45) is 6.89. The fourth-order valence-electron chi connectivity index (χ4n) is 1.40. The Labute approximate surface area is 71.7 Å². The first-order valence-electron chi connectivity index (χ1n) is 4.12. The zero-order chi connectivity index (χ0) is 8.97. The summed E-state index contributed by atoms with van der Waals surface area (Å²) in [4.78, 5) is 10.2. The van der Waals surface area contributed by atoms with Crippen LogP contribution in [-0.4, -0.2) is 22.3 Å². The zero-order valence-electron chi connectivity index (χ0n) is 6.81. The van der Waals surface area contributed by atoms with Gasteiger partial charge in [0.15, 0.2) is 0 Å². The highest BCUT2D eigenvalue weighted by Gasteiger charge is 2.27. The molecule has 0 heterocycles. The van der Waals surface area contributed by atoms with E-state index in [9.17, 15) is 9.90 Å². The van der Waals surface area contributed by atoms with Crippen LogP contribution in [0.1, 0.15) is 19.3 Å². The Hall–Kier alpha value is -0.960. The molecule has 0 amide bonds. The first-order valence-corrected chi connectivity index (χ1v) is 4.12. The van der Waals surface area contributed by atoms with E-state index in [1.807, 2.05) is 6.42 Å². The monoisotopic (exact) mass is 169 g/mol. The molecule has 0 aromatic rings. The van der Waals surface area contributed by atoms with E-state index in [-0.39, 0.29) is 5.92 Å². The average Bonchev–Trinajstić information content (AvgIpc) is 2.03. The van der Waals surface area contributed by atoms with Gasteiger partial charge in [-0.15, -0.1) is 0 Å². The quantitative estimate of drug-likeness (QED) is 0.478. The van der Waals surface area contributed by atoms with Gasteiger partial charge in [-0.1, -0.05) is 6.08 Å². The second-order valence-electron chi connectivity index (χ2n) is 3.02. The molecular formula is C9H13O3+. The smallest absolute Gasteiger partial charge is 0.327 e.